The van der Waals surface area contributed by atoms with Crippen molar-refractivity contribution in [2.75, 3.05) is 26.2 Å². The van der Waals surface area contributed by atoms with Crippen molar-refractivity contribution in [1.82, 2.24) is 14.8 Å². The summed E-state index contributed by atoms with van der Waals surface area (Å²) in [5, 5.41) is 10.6. The zero-order valence-corrected chi connectivity index (χ0v) is 17.1. The Morgan fingerprint density at radius 1 is 1.24 bits per heavy atom. The number of aryl methyl sites for hydroxylation is 1. The molecule has 1 N–H and O–H groups in total. The quantitative estimate of drug-likeness (QED) is 0.654. The average molecular weight is 397 g/mol. The smallest absolute Gasteiger partial charge is 0.290 e. The van der Waals surface area contributed by atoms with Gasteiger partial charge in [0.15, 0.2) is 11.5 Å². The number of aromatic nitrogens is 1. The number of aliphatic hydroxyl groups excluding tert-OH is 1. The number of hydrogen-bond donors (Lipinski definition) is 1. The minimum Gasteiger partial charge on any atom is -0.503 e. The Labute approximate surface area is 170 Å². The maximum Gasteiger partial charge on any atom is 0.290 e. The molecule has 0 aliphatic carbocycles. The predicted molar refractivity (Wildman–Crippen MR) is 109 cm³/mol. The van der Waals surface area contributed by atoms with Gasteiger partial charge < -0.3 is 19.3 Å². The normalized spacial score (nSPS) is 16.9. The highest BCUT2D eigenvalue weighted by Gasteiger charge is 2.44. The molecule has 3 heterocycles. The fourth-order valence-electron chi connectivity index (χ4n) is 3.66. The topological polar surface area (TPSA) is 86.9 Å². The molecule has 0 bridgehead atoms. The summed E-state index contributed by atoms with van der Waals surface area (Å²) in [5.41, 5.74) is 0.560. The van der Waals surface area contributed by atoms with Gasteiger partial charge in [0.1, 0.15) is 11.8 Å². The van der Waals surface area contributed by atoms with E-state index < -0.39 is 23.5 Å². The van der Waals surface area contributed by atoms with E-state index in [0.29, 0.717) is 18.0 Å². The Bertz CT molecular complexity index is 900. The summed E-state index contributed by atoms with van der Waals surface area (Å²) in [7, 11) is 0. The molecule has 0 saturated carbocycles. The van der Waals surface area contributed by atoms with E-state index in [1.165, 1.54) is 4.90 Å². The van der Waals surface area contributed by atoms with Gasteiger partial charge in [-0.05, 0) is 57.2 Å². The van der Waals surface area contributed by atoms with Gasteiger partial charge in [-0.3, -0.25) is 14.6 Å². The molecular formula is C22H27N3O4. The number of pyridine rings is 1. The van der Waals surface area contributed by atoms with Gasteiger partial charge in [-0.2, -0.15) is 0 Å². The minimum absolute atomic E-state index is 0.0193. The zero-order valence-electron chi connectivity index (χ0n) is 17.1. The molecule has 7 nitrogen and oxygen atoms in total. The molecule has 1 aliphatic heterocycles. The fraction of sp³-hybridized carbons (Fsp3) is 0.409. The first kappa shape index (κ1) is 20.8. The van der Waals surface area contributed by atoms with E-state index >= 15 is 0 Å². The van der Waals surface area contributed by atoms with Crippen LogP contribution >= 0.6 is 0 Å². The lowest BCUT2D eigenvalue weighted by Gasteiger charge is -2.27. The number of carbonyl (C=O) groups excluding carboxylic acids is 2. The van der Waals surface area contributed by atoms with E-state index in [2.05, 4.69) is 23.7 Å². The molecular weight excluding hydrogens is 370 g/mol. The first-order valence-electron chi connectivity index (χ1n) is 9.96. The molecule has 2 aromatic heterocycles. The van der Waals surface area contributed by atoms with Gasteiger partial charge in [-0.25, -0.2) is 0 Å². The zero-order chi connectivity index (χ0) is 21.0. The molecule has 0 radical (unpaired) electrons. The van der Waals surface area contributed by atoms with Crippen LogP contribution in [-0.4, -0.2) is 57.8 Å². The lowest BCUT2D eigenvalue weighted by Crippen LogP contribution is -2.34. The van der Waals surface area contributed by atoms with Crippen LogP contribution in [0.25, 0.3) is 0 Å². The summed E-state index contributed by atoms with van der Waals surface area (Å²) >= 11 is 0. The number of carbonyl (C=O) groups is 2. The fourth-order valence-corrected chi connectivity index (χ4v) is 3.66. The molecule has 1 atom stereocenters. The predicted octanol–water partition coefficient (Wildman–Crippen LogP) is 3.29. The van der Waals surface area contributed by atoms with Gasteiger partial charge in [0.05, 0.1) is 11.3 Å². The Kier molecular flexibility index (Phi) is 6.49. The minimum atomic E-state index is -0.738. The third-order valence-electron chi connectivity index (χ3n) is 5.25. The van der Waals surface area contributed by atoms with E-state index in [1.807, 2.05) is 0 Å². The van der Waals surface area contributed by atoms with E-state index in [4.69, 9.17) is 4.42 Å². The summed E-state index contributed by atoms with van der Waals surface area (Å²) in [6.45, 7) is 9.02. The van der Waals surface area contributed by atoms with E-state index in [0.717, 1.165) is 26.1 Å². The second-order valence-corrected chi connectivity index (χ2v) is 7.04. The van der Waals surface area contributed by atoms with E-state index in [9.17, 15) is 14.7 Å². The van der Waals surface area contributed by atoms with Crippen molar-refractivity contribution in [3.63, 3.8) is 0 Å². The number of nitrogens with zero attached hydrogens (tertiary/aromatic N) is 3. The standard InChI is InChI=1S/C22H27N3O4/c1-4-24(5-2)13-8-14-25-19(16-9-6-7-12-23-16)18(21(27)22(25)28)20(26)17-11-10-15(3)29-17/h6-7,9-12,19,27H,4-5,8,13-14H2,1-3H3/t19-/m1/s1. The Balaban J connectivity index is 1.91. The van der Waals surface area contributed by atoms with Crippen LogP contribution in [0.1, 0.15) is 48.3 Å². The summed E-state index contributed by atoms with van der Waals surface area (Å²) in [5.74, 6) is -0.883. The molecule has 0 aromatic carbocycles. The molecule has 0 saturated heterocycles. The lowest BCUT2D eigenvalue weighted by molar-refractivity contribution is -0.129. The lowest BCUT2D eigenvalue weighted by atomic mass is 9.98. The molecule has 3 rings (SSSR count). The van der Waals surface area contributed by atoms with Crippen molar-refractivity contribution in [2.24, 2.45) is 0 Å². The van der Waals surface area contributed by atoms with Gasteiger partial charge >= 0.3 is 0 Å². The molecule has 7 heteroatoms. The van der Waals surface area contributed by atoms with Crippen LogP contribution in [0.3, 0.4) is 0 Å². The summed E-state index contributed by atoms with van der Waals surface area (Å²) in [6.07, 6.45) is 2.34. The molecule has 29 heavy (non-hydrogen) atoms. The maximum atomic E-state index is 13.1. The Morgan fingerprint density at radius 3 is 2.59 bits per heavy atom. The van der Waals surface area contributed by atoms with Crippen LogP contribution < -0.4 is 0 Å². The SMILES string of the molecule is CCN(CC)CCCN1C(=O)C(O)=C(C(=O)c2ccc(C)o2)[C@H]1c1ccccn1. The summed E-state index contributed by atoms with van der Waals surface area (Å²) < 4.78 is 5.45. The van der Waals surface area contributed by atoms with Crippen molar-refractivity contribution >= 4 is 11.7 Å². The highest BCUT2D eigenvalue weighted by molar-refractivity contribution is 6.14. The number of ketones is 1. The number of aliphatic hydroxyl groups is 1. The third kappa shape index (κ3) is 4.24. The van der Waals surface area contributed by atoms with Gasteiger partial charge in [0, 0.05) is 12.7 Å². The van der Waals surface area contributed by atoms with Crippen LogP contribution in [0.2, 0.25) is 0 Å². The Hall–Kier alpha value is -2.93. The average Bonchev–Trinajstić information content (AvgIpc) is 3.28. The second kappa shape index (κ2) is 9.05. The number of hydrogen-bond acceptors (Lipinski definition) is 6. The summed E-state index contributed by atoms with van der Waals surface area (Å²) in [6, 6.07) is 7.83. The van der Waals surface area contributed by atoms with Gasteiger partial charge in [0.25, 0.3) is 5.91 Å². The number of furan rings is 1. The van der Waals surface area contributed by atoms with Crippen molar-refractivity contribution < 1.29 is 19.1 Å². The molecule has 1 amide bonds. The van der Waals surface area contributed by atoms with Crippen LogP contribution in [0.5, 0.6) is 0 Å². The van der Waals surface area contributed by atoms with Crippen LogP contribution in [0.15, 0.2) is 52.3 Å². The molecule has 0 fully saturated rings. The number of amides is 1. The van der Waals surface area contributed by atoms with E-state index in [1.54, 1.807) is 43.5 Å². The van der Waals surface area contributed by atoms with Gasteiger partial charge in [-0.15, -0.1) is 0 Å². The molecule has 154 valence electrons. The highest BCUT2D eigenvalue weighted by atomic mass is 16.3. The van der Waals surface area contributed by atoms with Crippen LogP contribution in [-0.2, 0) is 4.79 Å². The monoisotopic (exact) mass is 397 g/mol. The highest BCUT2D eigenvalue weighted by Crippen LogP contribution is 2.38. The van der Waals surface area contributed by atoms with E-state index in [-0.39, 0.29) is 11.3 Å². The number of Topliss-reactive ketones (excluding diaryl/α,β-unsaturated/α-hetero) is 1. The summed E-state index contributed by atoms with van der Waals surface area (Å²) in [4.78, 5) is 34.1. The first-order valence-corrected chi connectivity index (χ1v) is 9.96. The van der Waals surface area contributed by atoms with Crippen molar-refractivity contribution in [2.45, 2.75) is 33.2 Å². The molecule has 0 unspecified atom stereocenters. The first-order chi connectivity index (χ1) is 14.0. The van der Waals surface area contributed by atoms with Crippen molar-refractivity contribution in [1.29, 1.82) is 0 Å². The van der Waals surface area contributed by atoms with Gasteiger partial charge in [0.2, 0.25) is 5.78 Å². The van der Waals surface area contributed by atoms with Crippen LogP contribution in [0.4, 0.5) is 0 Å². The van der Waals surface area contributed by atoms with Crippen molar-refractivity contribution in [3.8, 4) is 0 Å². The molecule has 2 aromatic rings. The third-order valence-corrected chi connectivity index (χ3v) is 5.25. The Morgan fingerprint density at radius 2 is 2.00 bits per heavy atom. The largest absolute Gasteiger partial charge is 0.503 e. The molecule has 0 spiro atoms. The second-order valence-electron chi connectivity index (χ2n) is 7.04. The van der Waals surface area contributed by atoms with Crippen LogP contribution in [0, 0.1) is 6.92 Å². The van der Waals surface area contributed by atoms with Gasteiger partial charge in [-0.1, -0.05) is 19.9 Å². The van der Waals surface area contributed by atoms with Crippen molar-refractivity contribution in [3.05, 3.63) is 65.1 Å². The maximum absolute atomic E-state index is 13.1. The molecule has 1 aliphatic rings. The number of rotatable bonds is 9.